The molecule has 1 aromatic heterocycles. The summed E-state index contributed by atoms with van der Waals surface area (Å²) in [5, 5.41) is 11.2. The monoisotopic (exact) mass is 331 g/mol. The van der Waals surface area contributed by atoms with Crippen molar-refractivity contribution in [3.8, 4) is 11.8 Å². The van der Waals surface area contributed by atoms with Gasteiger partial charge in [-0.2, -0.15) is 5.26 Å². The van der Waals surface area contributed by atoms with Crippen molar-refractivity contribution in [3.05, 3.63) is 52.8 Å². The maximum absolute atomic E-state index is 12.0. The number of hydrogen-bond donors (Lipinski definition) is 1. The van der Waals surface area contributed by atoms with Gasteiger partial charge in [0.05, 0.1) is 0 Å². The standard InChI is InChI=1S/C14H10BrN3O2/c15-10-4-5-13(17-9-10)14(19)18-11-2-1-3-12(8-11)20-7-6-16/h1-5,8-9H,7H2,(H,18,19). The molecule has 0 atom stereocenters. The van der Waals surface area contributed by atoms with E-state index in [1.807, 2.05) is 6.07 Å². The third-order valence-corrected chi connectivity index (χ3v) is 2.82. The van der Waals surface area contributed by atoms with Gasteiger partial charge in [-0.15, -0.1) is 0 Å². The molecule has 1 heterocycles. The lowest BCUT2D eigenvalue weighted by Gasteiger charge is -2.07. The molecule has 0 spiro atoms. The van der Waals surface area contributed by atoms with Crippen LogP contribution in [-0.2, 0) is 0 Å². The van der Waals surface area contributed by atoms with Crippen molar-refractivity contribution in [3.63, 3.8) is 0 Å². The largest absolute Gasteiger partial charge is 0.479 e. The summed E-state index contributed by atoms with van der Waals surface area (Å²) in [4.78, 5) is 16.0. The van der Waals surface area contributed by atoms with Crippen molar-refractivity contribution in [2.24, 2.45) is 0 Å². The van der Waals surface area contributed by atoms with Gasteiger partial charge < -0.3 is 10.1 Å². The van der Waals surface area contributed by atoms with Gasteiger partial charge in [0.15, 0.2) is 6.61 Å². The van der Waals surface area contributed by atoms with E-state index < -0.39 is 0 Å². The summed E-state index contributed by atoms with van der Waals surface area (Å²) in [5.74, 6) is 0.211. The van der Waals surface area contributed by atoms with Crippen molar-refractivity contribution in [1.29, 1.82) is 5.26 Å². The van der Waals surface area contributed by atoms with E-state index in [2.05, 4.69) is 26.2 Å². The zero-order valence-electron chi connectivity index (χ0n) is 10.3. The Morgan fingerprint density at radius 2 is 2.25 bits per heavy atom. The molecular weight excluding hydrogens is 322 g/mol. The highest BCUT2D eigenvalue weighted by molar-refractivity contribution is 9.10. The second-order valence-electron chi connectivity index (χ2n) is 3.79. The summed E-state index contributed by atoms with van der Waals surface area (Å²) in [6, 6.07) is 12.1. The van der Waals surface area contributed by atoms with E-state index in [-0.39, 0.29) is 12.5 Å². The molecule has 0 aliphatic rings. The molecule has 0 fully saturated rings. The summed E-state index contributed by atoms with van der Waals surface area (Å²) >= 11 is 3.26. The van der Waals surface area contributed by atoms with Gasteiger partial charge in [-0.05, 0) is 40.2 Å². The number of halogens is 1. The van der Waals surface area contributed by atoms with Crippen molar-refractivity contribution >= 4 is 27.5 Å². The minimum Gasteiger partial charge on any atom is -0.479 e. The molecule has 0 saturated carbocycles. The van der Waals surface area contributed by atoms with Crippen LogP contribution in [0.15, 0.2) is 47.1 Å². The van der Waals surface area contributed by atoms with E-state index >= 15 is 0 Å². The average molecular weight is 332 g/mol. The highest BCUT2D eigenvalue weighted by atomic mass is 79.9. The Hall–Kier alpha value is -2.39. The van der Waals surface area contributed by atoms with Gasteiger partial charge in [-0.1, -0.05) is 6.07 Å². The molecule has 1 amide bonds. The van der Waals surface area contributed by atoms with Gasteiger partial charge in [0.1, 0.15) is 17.5 Å². The fourth-order valence-corrected chi connectivity index (χ4v) is 1.72. The number of carbonyl (C=O) groups is 1. The van der Waals surface area contributed by atoms with Crippen LogP contribution in [0.4, 0.5) is 5.69 Å². The van der Waals surface area contributed by atoms with Gasteiger partial charge in [0, 0.05) is 22.4 Å². The average Bonchev–Trinajstić information content (AvgIpc) is 2.46. The number of carbonyl (C=O) groups excluding carboxylic acids is 1. The zero-order valence-corrected chi connectivity index (χ0v) is 11.9. The smallest absolute Gasteiger partial charge is 0.274 e. The molecule has 0 aliphatic carbocycles. The zero-order chi connectivity index (χ0) is 14.4. The molecule has 2 rings (SSSR count). The molecule has 20 heavy (non-hydrogen) atoms. The maximum atomic E-state index is 12.0. The molecular formula is C14H10BrN3O2. The number of benzene rings is 1. The van der Waals surface area contributed by atoms with Crippen LogP contribution in [0.2, 0.25) is 0 Å². The molecule has 0 aliphatic heterocycles. The Balaban J connectivity index is 2.07. The van der Waals surface area contributed by atoms with Crippen molar-refractivity contribution < 1.29 is 9.53 Å². The molecule has 2 aromatic rings. The first-order valence-corrected chi connectivity index (χ1v) is 6.51. The summed E-state index contributed by atoms with van der Waals surface area (Å²) in [6.07, 6.45) is 1.56. The van der Waals surface area contributed by atoms with Crippen molar-refractivity contribution in [2.45, 2.75) is 0 Å². The number of nitriles is 1. The minimum absolute atomic E-state index is 0.0360. The number of rotatable bonds is 4. The van der Waals surface area contributed by atoms with E-state index in [4.69, 9.17) is 10.00 Å². The normalized spacial score (nSPS) is 9.60. The molecule has 5 nitrogen and oxygen atoms in total. The van der Waals surface area contributed by atoms with E-state index in [1.165, 1.54) is 0 Å². The second kappa shape index (κ2) is 6.68. The molecule has 0 radical (unpaired) electrons. The van der Waals surface area contributed by atoms with E-state index in [0.29, 0.717) is 17.1 Å². The van der Waals surface area contributed by atoms with Crippen LogP contribution in [0.3, 0.4) is 0 Å². The van der Waals surface area contributed by atoms with Crippen LogP contribution in [0.1, 0.15) is 10.5 Å². The molecule has 0 bridgehead atoms. The van der Waals surface area contributed by atoms with Crippen LogP contribution in [0.25, 0.3) is 0 Å². The van der Waals surface area contributed by atoms with Gasteiger partial charge in [-0.3, -0.25) is 4.79 Å². The molecule has 0 saturated heterocycles. The summed E-state index contributed by atoms with van der Waals surface area (Å²) in [7, 11) is 0. The minimum atomic E-state index is -0.310. The number of hydrogen-bond acceptors (Lipinski definition) is 4. The predicted molar refractivity (Wildman–Crippen MR) is 77.4 cm³/mol. The lowest BCUT2D eigenvalue weighted by Crippen LogP contribution is -2.13. The molecule has 1 N–H and O–H groups in total. The first-order chi connectivity index (χ1) is 9.69. The number of amides is 1. The van der Waals surface area contributed by atoms with Crippen molar-refractivity contribution in [1.82, 2.24) is 4.98 Å². The highest BCUT2D eigenvalue weighted by Crippen LogP contribution is 2.18. The van der Waals surface area contributed by atoms with Gasteiger partial charge >= 0.3 is 0 Å². The first kappa shape index (κ1) is 14.0. The maximum Gasteiger partial charge on any atom is 0.274 e. The summed E-state index contributed by atoms with van der Waals surface area (Å²) in [5.41, 5.74) is 0.895. The number of anilines is 1. The molecule has 6 heteroatoms. The lowest BCUT2D eigenvalue weighted by atomic mass is 10.2. The SMILES string of the molecule is N#CCOc1cccc(NC(=O)c2ccc(Br)cn2)c1. The van der Waals surface area contributed by atoms with Crippen molar-refractivity contribution in [2.75, 3.05) is 11.9 Å². The van der Waals surface area contributed by atoms with Crippen LogP contribution in [-0.4, -0.2) is 17.5 Å². The van der Waals surface area contributed by atoms with Crippen LogP contribution in [0, 0.1) is 11.3 Å². The van der Waals surface area contributed by atoms with Crippen LogP contribution < -0.4 is 10.1 Å². The topological polar surface area (TPSA) is 75.0 Å². The first-order valence-electron chi connectivity index (χ1n) is 5.72. The molecule has 0 unspecified atom stereocenters. The number of nitrogens with zero attached hydrogens (tertiary/aromatic N) is 2. The molecule has 1 aromatic carbocycles. The van der Waals surface area contributed by atoms with Gasteiger partial charge in [0.25, 0.3) is 5.91 Å². The number of ether oxygens (including phenoxy) is 1. The fourth-order valence-electron chi connectivity index (χ4n) is 1.48. The number of nitrogens with one attached hydrogen (secondary N) is 1. The lowest BCUT2D eigenvalue weighted by molar-refractivity contribution is 0.102. The van der Waals surface area contributed by atoms with Crippen LogP contribution in [0.5, 0.6) is 5.75 Å². The predicted octanol–water partition coefficient (Wildman–Crippen LogP) is 3.00. The van der Waals surface area contributed by atoms with Gasteiger partial charge in [-0.25, -0.2) is 4.98 Å². The number of pyridine rings is 1. The Morgan fingerprint density at radius 1 is 1.40 bits per heavy atom. The van der Waals surface area contributed by atoms with Gasteiger partial charge in [0.2, 0.25) is 0 Å². The van der Waals surface area contributed by atoms with Crippen LogP contribution >= 0.6 is 15.9 Å². The van der Waals surface area contributed by atoms with E-state index in [9.17, 15) is 4.79 Å². The quantitative estimate of drug-likeness (QED) is 0.934. The fraction of sp³-hybridized carbons (Fsp3) is 0.0714. The Morgan fingerprint density at radius 3 is 2.95 bits per heavy atom. The highest BCUT2D eigenvalue weighted by Gasteiger charge is 2.07. The molecule has 100 valence electrons. The Labute approximate surface area is 124 Å². The Bertz CT molecular complexity index is 650. The Kier molecular flexibility index (Phi) is 4.69. The number of aromatic nitrogens is 1. The van der Waals surface area contributed by atoms with E-state index in [1.54, 1.807) is 42.6 Å². The summed E-state index contributed by atoms with van der Waals surface area (Å²) < 4.78 is 5.97. The third-order valence-electron chi connectivity index (χ3n) is 2.36. The van der Waals surface area contributed by atoms with E-state index in [0.717, 1.165) is 4.47 Å². The third kappa shape index (κ3) is 3.80. The second-order valence-corrected chi connectivity index (χ2v) is 4.71. The summed E-state index contributed by atoms with van der Waals surface area (Å²) in [6.45, 7) is -0.0360.